The summed E-state index contributed by atoms with van der Waals surface area (Å²) in [7, 11) is 3.03. The number of methoxy groups -OCH3 is 2. The normalized spacial score (nSPS) is 16.0. The lowest BCUT2D eigenvalue weighted by Gasteiger charge is -2.28. The summed E-state index contributed by atoms with van der Waals surface area (Å²) in [6.07, 6.45) is 1.79. The van der Waals surface area contributed by atoms with Crippen LogP contribution in [-0.4, -0.2) is 34.9 Å². The predicted molar refractivity (Wildman–Crippen MR) is 174 cm³/mol. The van der Waals surface area contributed by atoms with Crippen molar-refractivity contribution in [2.45, 2.75) is 25.9 Å². The number of esters is 1. The van der Waals surface area contributed by atoms with Crippen LogP contribution in [0.15, 0.2) is 103 Å². The fourth-order valence-electron chi connectivity index (χ4n) is 5.81. The molecule has 6 rings (SSSR count). The molecule has 3 aromatic carbocycles. The van der Waals surface area contributed by atoms with Crippen molar-refractivity contribution in [3.05, 3.63) is 131 Å². The van der Waals surface area contributed by atoms with Crippen molar-refractivity contribution < 1.29 is 19.0 Å². The smallest absolute Gasteiger partial charge is 0.339 e. The Morgan fingerprint density at radius 2 is 1.52 bits per heavy atom. The molecule has 1 N–H and O–H groups in total. The van der Waals surface area contributed by atoms with Crippen molar-refractivity contribution in [2.75, 3.05) is 19.1 Å². The number of ether oxygens (including phenoxy) is 3. The van der Waals surface area contributed by atoms with Gasteiger partial charge in [0, 0.05) is 23.3 Å². The Hall–Kier alpha value is -5.15. The van der Waals surface area contributed by atoms with E-state index in [9.17, 15) is 4.79 Å². The highest BCUT2D eigenvalue weighted by molar-refractivity contribution is 7.80. The van der Waals surface area contributed by atoms with Crippen LogP contribution in [0.3, 0.4) is 0 Å². The number of aromatic nitrogens is 2. The molecule has 1 fully saturated rings. The molecule has 8 nitrogen and oxygen atoms in total. The van der Waals surface area contributed by atoms with E-state index in [1.165, 1.54) is 7.11 Å². The number of hydrogen-bond acceptors (Lipinski definition) is 6. The molecular weight excluding hydrogens is 572 g/mol. The topological polar surface area (TPSA) is 77.9 Å². The fourth-order valence-corrected chi connectivity index (χ4v) is 6.16. The van der Waals surface area contributed by atoms with Crippen LogP contribution in [0.1, 0.15) is 45.1 Å². The quantitative estimate of drug-likeness (QED) is 0.147. The Bertz CT molecular complexity index is 1800. The van der Waals surface area contributed by atoms with Gasteiger partial charge in [-0.1, -0.05) is 18.2 Å². The van der Waals surface area contributed by atoms with Gasteiger partial charge in [-0.15, -0.1) is 0 Å². The molecule has 0 amide bonds. The molecule has 0 spiro atoms. The van der Waals surface area contributed by atoms with E-state index in [0.717, 1.165) is 39.8 Å². The summed E-state index contributed by atoms with van der Waals surface area (Å²) in [6, 6.07) is 30.4. The number of carbonyl (C=O) groups is 1. The molecule has 9 heteroatoms. The fraction of sp³-hybridized carbons (Fsp3) is 0.171. The summed E-state index contributed by atoms with van der Waals surface area (Å²) in [4.78, 5) is 19.5. The molecule has 2 aromatic heterocycles. The lowest BCUT2D eigenvalue weighted by molar-refractivity contribution is 0.0600. The highest BCUT2D eigenvalue weighted by Gasteiger charge is 2.42. The zero-order chi connectivity index (χ0) is 30.8. The summed E-state index contributed by atoms with van der Waals surface area (Å²) < 4.78 is 18.5. The van der Waals surface area contributed by atoms with Crippen LogP contribution in [-0.2, 0) is 4.74 Å². The molecule has 0 radical (unpaired) electrons. The third-order valence-corrected chi connectivity index (χ3v) is 8.16. The average molecular weight is 605 g/mol. The summed E-state index contributed by atoms with van der Waals surface area (Å²) in [5.41, 5.74) is 6.07. The molecule has 1 aliphatic heterocycles. The minimum atomic E-state index is -0.386. The van der Waals surface area contributed by atoms with Gasteiger partial charge in [-0.2, -0.15) is 0 Å². The number of nitrogens with one attached hydrogen (secondary N) is 1. The Kier molecular flexibility index (Phi) is 8.04. The maximum absolute atomic E-state index is 12.7. The minimum absolute atomic E-state index is 0.219. The van der Waals surface area contributed by atoms with E-state index in [4.69, 9.17) is 31.4 Å². The van der Waals surface area contributed by atoms with Gasteiger partial charge in [0.1, 0.15) is 17.2 Å². The SMILES string of the molecule is COC(=O)c1ccccc1-n1c(C)cc([C@H]2[C@H](c3ccccn3)NC(=S)N2c2ccc(Oc3ccc(OC)cc3)cc2)c1C. The summed E-state index contributed by atoms with van der Waals surface area (Å²) in [5.74, 6) is 1.80. The van der Waals surface area contributed by atoms with Crippen molar-refractivity contribution in [1.29, 1.82) is 0 Å². The molecule has 3 heterocycles. The first-order chi connectivity index (χ1) is 21.4. The van der Waals surface area contributed by atoms with Gasteiger partial charge in [0.05, 0.1) is 43.2 Å². The van der Waals surface area contributed by atoms with Crippen molar-refractivity contribution in [1.82, 2.24) is 14.9 Å². The first kappa shape index (κ1) is 28.9. The second kappa shape index (κ2) is 12.2. The minimum Gasteiger partial charge on any atom is -0.497 e. The van der Waals surface area contributed by atoms with Crippen LogP contribution >= 0.6 is 12.2 Å². The van der Waals surface area contributed by atoms with Crippen molar-refractivity contribution >= 4 is 29.0 Å². The van der Waals surface area contributed by atoms with Gasteiger partial charge in [-0.25, -0.2) is 4.79 Å². The molecule has 1 saturated heterocycles. The molecule has 2 atom stereocenters. The molecular formula is C35H32N4O4S. The first-order valence-corrected chi connectivity index (χ1v) is 14.6. The van der Waals surface area contributed by atoms with Crippen LogP contribution in [0.2, 0.25) is 0 Å². The molecule has 0 unspecified atom stereocenters. The number of aryl methyl sites for hydroxylation is 1. The monoisotopic (exact) mass is 604 g/mol. The Morgan fingerprint density at radius 3 is 2.18 bits per heavy atom. The van der Waals surface area contributed by atoms with Gasteiger partial charge < -0.3 is 29.0 Å². The third-order valence-electron chi connectivity index (χ3n) is 7.85. The van der Waals surface area contributed by atoms with E-state index >= 15 is 0 Å². The number of anilines is 1. The second-order valence-electron chi connectivity index (χ2n) is 10.4. The van der Waals surface area contributed by atoms with Crippen LogP contribution in [0.25, 0.3) is 5.69 Å². The lowest BCUT2D eigenvalue weighted by Crippen LogP contribution is -2.29. The highest BCUT2D eigenvalue weighted by atomic mass is 32.1. The molecule has 1 aliphatic rings. The number of nitrogens with zero attached hydrogens (tertiary/aromatic N) is 3. The molecule has 0 aliphatic carbocycles. The number of pyridine rings is 1. The van der Waals surface area contributed by atoms with Gasteiger partial charge in [-0.3, -0.25) is 4.98 Å². The standard InChI is InChI=1S/C35H32N4O4S/c1-22-21-29(23(2)38(22)31-11-6-5-9-28(31)34(40)42-4)33-32(30-10-7-8-20-36-30)37-35(44)39(33)24-12-14-26(15-13-24)43-27-18-16-25(41-3)17-19-27/h5-21,32-33H,1-4H3,(H,37,44)/t32-,33-/m0/s1. The molecule has 0 saturated carbocycles. The maximum Gasteiger partial charge on any atom is 0.339 e. The summed E-state index contributed by atoms with van der Waals surface area (Å²) in [6.45, 7) is 4.11. The van der Waals surface area contributed by atoms with Gasteiger partial charge in [0.25, 0.3) is 0 Å². The number of para-hydroxylation sites is 1. The summed E-state index contributed by atoms with van der Waals surface area (Å²) in [5, 5.41) is 4.13. The van der Waals surface area contributed by atoms with E-state index in [1.807, 2.05) is 91.9 Å². The number of hydrogen-bond donors (Lipinski definition) is 1. The van der Waals surface area contributed by atoms with Crippen LogP contribution in [0, 0.1) is 13.8 Å². The predicted octanol–water partition coefficient (Wildman–Crippen LogP) is 7.25. The third kappa shape index (κ3) is 5.38. The van der Waals surface area contributed by atoms with Crippen LogP contribution in [0.5, 0.6) is 17.2 Å². The molecule has 222 valence electrons. The first-order valence-electron chi connectivity index (χ1n) is 14.2. The van der Waals surface area contributed by atoms with E-state index in [2.05, 4.69) is 27.8 Å². The number of thiocarbonyl (C=S) groups is 1. The zero-order valence-corrected chi connectivity index (χ0v) is 25.7. The Labute approximate surface area is 261 Å². The molecule has 5 aromatic rings. The van der Waals surface area contributed by atoms with Crippen molar-refractivity contribution in [2.24, 2.45) is 0 Å². The van der Waals surface area contributed by atoms with Crippen molar-refractivity contribution in [3.8, 4) is 22.9 Å². The highest BCUT2D eigenvalue weighted by Crippen LogP contribution is 2.44. The Balaban J connectivity index is 1.41. The largest absolute Gasteiger partial charge is 0.497 e. The van der Waals surface area contributed by atoms with E-state index in [0.29, 0.717) is 22.2 Å². The molecule has 44 heavy (non-hydrogen) atoms. The van der Waals surface area contributed by atoms with Crippen molar-refractivity contribution in [3.63, 3.8) is 0 Å². The second-order valence-corrected chi connectivity index (χ2v) is 10.8. The van der Waals surface area contributed by atoms with E-state index < -0.39 is 0 Å². The maximum atomic E-state index is 12.7. The van der Waals surface area contributed by atoms with E-state index in [-0.39, 0.29) is 18.1 Å². The number of carbonyl (C=O) groups excluding carboxylic acids is 1. The van der Waals surface area contributed by atoms with Gasteiger partial charge >= 0.3 is 5.97 Å². The summed E-state index contributed by atoms with van der Waals surface area (Å²) >= 11 is 5.96. The number of benzene rings is 3. The van der Waals surface area contributed by atoms with Gasteiger partial charge in [0.2, 0.25) is 0 Å². The van der Waals surface area contributed by atoms with Crippen LogP contribution < -0.4 is 19.7 Å². The van der Waals surface area contributed by atoms with Gasteiger partial charge in [-0.05, 0) is 110 Å². The van der Waals surface area contributed by atoms with E-state index in [1.54, 1.807) is 19.4 Å². The Morgan fingerprint density at radius 1 is 0.864 bits per heavy atom. The number of rotatable bonds is 8. The molecule has 0 bridgehead atoms. The lowest BCUT2D eigenvalue weighted by atomic mass is 9.96. The van der Waals surface area contributed by atoms with Crippen LogP contribution in [0.4, 0.5) is 5.69 Å². The average Bonchev–Trinajstić information content (AvgIpc) is 3.56. The van der Waals surface area contributed by atoms with Gasteiger partial charge in [0.15, 0.2) is 5.11 Å². The zero-order valence-electron chi connectivity index (χ0n) is 24.9.